The Bertz CT molecular complexity index is 984. The first-order valence-electron chi connectivity index (χ1n) is 11.4. The number of hydrogen-bond donors (Lipinski definition) is 4. The van der Waals surface area contributed by atoms with Crippen LogP contribution in [0.4, 0.5) is 0 Å². The fourth-order valence-electron chi connectivity index (χ4n) is 3.34. The number of allylic oxidation sites excluding steroid dienone is 1. The molecule has 35 heavy (non-hydrogen) atoms. The molecule has 2 rings (SSSR count). The number of nitrogens with two attached hydrogens (primary N) is 1. The van der Waals surface area contributed by atoms with Crippen LogP contribution in [0.3, 0.4) is 0 Å². The normalized spacial score (nSPS) is 14.2. The van der Waals surface area contributed by atoms with Crippen LogP contribution in [0.1, 0.15) is 38.8 Å². The Morgan fingerprint density at radius 1 is 1.03 bits per heavy atom. The number of nitrogens with zero attached hydrogens (tertiary/aromatic N) is 1. The average molecular weight is 619 g/mol. The number of alkyl halides is 1. The van der Waals surface area contributed by atoms with Crippen molar-refractivity contribution in [1.82, 2.24) is 5.01 Å². The summed E-state index contributed by atoms with van der Waals surface area (Å²) in [5, 5.41) is 30.6. The summed E-state index contributed by atoms with van der Waals surface area (Å²) in [5.41, 5.74) is 3.45. The van der Waals surface area contributed by atoms with Crippen LogP contribution in [0.2, 0.25) is 0 Å². The number of hydrogen-bond acceptors (Lipinski definition) is 7. The molecule has 5 N–H and O–H groups in total. The summed E-state index contributed by atoms with van der Waals surface area (Å²) in [6.07, 6.45) is -1.48. The fourth-order valence-corrected chi connectivity index (χ4v) is 4.10. The van der Waals surface area contributed by atoms with Crippen molar-refractivity contribution in [3.05, 3.63) is 68.4 Å². The molecule has 0 heterocycles. The lowest BCUT2D eigenvalue weighted by Gasteiger charge is -2.27. The van der Waals surface area contributed by atoms with Gasteiger partial charge in [-0.05, 0) is 77.4 Å². The maximum Gasteiger partial charge on any atom is 0.132 e. The van der Waals surface area contributed by atoms with Crippen LogP contribution in [0, 0.1) is 3.57 Å². The van der Waals surface area contributed by atoms with Crippen molar-refractivity contribution in [3.63, 3.8) is 0 Å². The first-order valence-corrected chi connectivity index (χ1v) is 13.0. The van der Waals surface area contributed by atoms with E-state index in [2.05, 4.69) is 42.5 Å². The zero-order valence-corrected chi connectivity index (χ0v) is 23.6. The van der Waals surface area contributed by atoms with Crippen molar-refractivity contribution in [2.24, 2.45) is 5.84 Å². The van der Waals surface area contributed by atoms with Gasteiger partial charge < -0.3 is 29.8 Å². The van der Waals surface area contributed by atoms with Crippen molar-refractivity contribution in [1.29, 1.82) is 0 Å². The highest BCUT2D eigenvalue weighted by Crippen LogP contribution is 2.35. The Morgan fingerprint density at radius 3 is 2.20 bits per heavy atom. The number of benzene rings is 2. The average Bonchev–Trinajstić information content (AvgIpc) is 2.85. The highest BCUT2D eigenvalue weighted by Gasteiger charge is 2.24. The summed E-state index contributed by atoms with van der Waals surface area (Å²) in [4.78, 5) is 0. The van der Waals surface area contributed by atoms with Gasteiger partial charge in [-0.2, -0.15) is 0 Å². The van der Waals surface area contributed by atoms with Crippen molar-refractivity contribution >= 4 is 34.2 Å². The van der Waals surface area contributed by atoms with Gasteiger partial charge in [-0.3, -0.25) is 0 Å². The molecular weight excluding hydrogens is 583 g/mol. The van der Waals surface area contributed by atoms with Crippen LogP contribution in [0.25, 0.3) is 0 Å². The number of aliphatic hydroxyl groups is 3. The lowest BCUT2D eigenvalue weighted by Crippen LogP contribution is -2.39. The van der Waals surface area contributed by atoms with Crippen molar-refractivity contribution in [3.8, 4) is 11.5 Å². The van der Waals surface area contributed by atoms with Crippen molar-refractivity contribution < 1.29 is 24.8 Å². The Labute approximate surface area is 226 Å². The van der Waals surface area contributed by atoms with Gasteiger partial charge in [0.1, 0.15) is 36.9 Å². The van der Waals surface area contributed by atoms with E-state index in [1.54, 1.807) is 13.8 Å². The molecular formula is C26H36ClIN2O5. The minimum atomic E-state index is -0.792. The van der Waals surface area contributed by atoms with E-state index in [0.717, 1.165) is 26.0 Å². The Hall–Kier alpha value is -1.56. The summed E-state index contributed by atoms with van der Waals surface area (Å²) >= 11 is 7.84. The van der Waals surface area contributed by atoms with Gasteiger partial charge in [0.25, 0.3) is 0 Å². The van der Waals surface area contributed by atoms with E-state index in [9.17, 15) is 15.3 Å². The highest BCUT2D eigenvalue weighted by molar-refractivity contribution is 14.1. The molecule has 2 aromatic rings. The van der Waals surface area contributed by atoms with Gasteiger partial charge in [0.2, 0.25) is 0 Å². The van der Waals surface area contributed by atoms with Gasteiger partial charge in [0.15, 0.2) is 0 Å². The number of rotatable bonds is 13. The molecule has 0 amide bonds. The van der Waals surface area contributed by atoms with Crippen LogP contribution in [0.5, 0.6) is 11.5 Å². The molecule has 0 aliphatic heterocycles. The maximum atomic E-state index is 10.3. The van der Waals surface area contributed by atoms with Gasteiger partial charge in [0.05, 0.1) is 22.6 Å². The summed E-state index contributed by atoms with van der Waals surface area (Å²) in [6, 6.07) is 13.8. The molecule has 2 aromatic carbocycles. The molecule has 0 bridgehead atoms. The van der Waals surface area contributed by atoms with Crippen LogP contribution in [-0.4, -0.2) is 64.8 Å². The van der Waals surface area contributed by atoms with E-state index >= 15 is 0 Å². The molecule has 0 aliphatic rings. The second kappa shape index (κ2) is 13.7. The number of ether oxygens (including phenoxy) is 2. The SMILES string of the molecule is C/C(CO)=C(/C)N(N)CC(O)COc1ccc(C(C)(C)c2ccc(OCC(O)CCl)cc2)cc1I. The third kappa shape index (κ3) is 8.51. The van der Waals surface area contributed by atoms with Crippen molar-refractivity contribution in [2.75, 3.05) is 32.2 Å². The van der Waals surface area contributed by atoms with Gasteiger partial charge in [-0.15, -0.1) is 11.6 Å². The molecule has 0 aliphatic carbocycles. The van der Waals surface area contributed by atoms with E-state index in [0.29, 0.717) is 11.5 Å². The van der Waals surface area contributed by atoms with E-state index in [4.69, 9.17) is 26.9 Å². The molecule has 0 fully saturated rings. The third-order valence-electron chi connectivity index (χ3n) is 5.97. The van der Waals surface area contributed by atoms with Crippen LogP contribution < -0.4 is 15.3 Å². The summed E-state index contributed by atoms with van der Waals surface area (Å²) in [5.74, 6) is 7.49. The second-order valence-electron chi connectivity index (χ2n) is 9.05. The van der Waals surface area contributed by atoms with Crippen molar-refractivity contribution in [2.45, 2.75) is 45.3 Å². The van der Waals surface area contributed by atoms with Gasteiger partial charge in [-0.25, -0.2) is 5.84 Å². The summed E-state index contributed by atoms with van der Waals surface area (Å²) in [6.45, 7) is 8.25. The van der Waals surface area contributed by atoms with E-state index in [-0.39, 0.29) is 37.7 Å². The zero-order valence-electron chi connectivity index (χ0n) is 20.7. The minimum Gasteiger partial charge on any atom is -0.491 e. The highest BCUT2D eigenvalue weighted by atomic mass is 127. The number of halogens is 2. The van der Waals surface area contributed by atoms with Crippen LogP contribution in [0.15, 0.2) is 53.7 Å². The number of aliphatic hydroxyl groups excluding tert-OH is 3. The van der Waals surface area contributed by atoms with Gasteiger partial charge in [-0.1, -0.05) is 32.0 Å². The minimum absolute atomic E-state index is 0.0797. The predicted octanol–water partition coefficient (Wildman–Crippen LogP) is 3.80. The molecule has 0 saturated carbocycles. The maximum absolute atomic E-state index is 10.3. The molecule has 194 valence electrons. The Balaban J connectivity index is 2.02. The lowest BCUT2D eigenvalue weighted by atomic mass is 9.78. The molecule has 7 nitrogen and oxygen atoms in total. The summed E-state index contributed by atoms with van der Waals surface area (Å²) < 4.78 is 12.4. The van der Waals surface area contributed by atoms with Crippen LogP contribution in [-0.2, 0) is 5.41 Å². The molecule has 0 aromatic heterocycles. The molecule has 0 saturated heterocycles. The molecule has 2 atom stereocenters. The van der Waals surface area contributed by atoms with E-state index < -0.39 is 12.2 Å². The van der Waals surface area contributed by atoms with Gasteiger partial charge >= 0.3 is 0 Å². The van der Waals surface area contributed by atoms with Crippen LogP contribution >= 0.6 is 34.2 Å². The molecule has 9 heteroatoms. The topological polar surface area (TPSA) is 108 Å². The largest absolute Gasteiger partial charge is 0.491 e. The summed E-state index contributed by atoms with van der Waals surface area (Å²) in [7, 11) is 0. The fraction of sp³-hybridized carbons (Fsp3) is 0.462. The van der Waals surface area contributed by atoms with Gasteiger partial charge in [0, 0.05) is 11.1 Å². The molecule has 0 radical (unpaired) electrons. The molecule has 2 unspecified atom stereocenters. The zero-order chi connectivity index (χ0) is 26.2. The van der Waals surface area contributed by atoms with E-state index in [1.807, 2.05) is 36.4 Å². The first kappa shape index (κ1) is 29.7. The quantitative estimate of drug-likeness (QED) is 0.117. The standard InChI is InChI=1S/C26H36ClIN2O5/c1-17(14-31)18(2)30(29)13-22(33)16-35-25-10-7-20(11-24(25)28)26(3,4)19-5-8-23(9-6-19)34-15-21(32)12-27/h5-11,21-22,31-33H,12-16,29H2,1-4H3/b18-17+. The molecule has 0 spiro atoms. The Morgan fingerprint density at radius 2 is 1.63 bits per heavy atom. The van der Waals surface area contributed by atoms with E-state index in [1.165, 1.54) is 5.01 Å². The lowest BCUT2D eigenvalue weighted by molar-refractivity contribution is 0.0776. The number of hydrazine groups is 1. The smallest absolute Gasteiger partial charge is 0.132 e. The third-order valence-corrected chi connectivity index (χ3v) is 7.17. The second-order valence-corrected chi connectivity index (χ2v) is 10.5. The monoisotopic (exact) mass is 618 g/mol. The Kier molecular flexibility index (Phi) is 11.6. The predicted molar refractivity (Wildman–Crippen MR) is 148 cm³/mol. The first-order chi connectivity index (χ1) is 16.5.